The van der Waals surface area contributed by atoms with E-state index in [1.807, 2.05) is 0 Å². The topological polar surface area (TPSA) is 0 Å². The van der Waals surface area contributed by atoms with Crippen LogP contribution in [-0.2, 0) is 0 Å². The van der Waals surface area contributed by atoms with Crippen LogP contribution in [0.1, 0.15) is 233 Å². The summed E-state index contributed by atoms with van der Waals surface area (Å²) in [5.41, 5.74) is 0. The molecule has 0 saturated heterocycles. The molecule has 0 radical (unpaired) electrons. The first-order chi connectivity index (χ1) is 20.2. The first kappa shape index (κ1) is 51.7. The van der Waals surface area contributed by atoms with Gasteiger partial charge in [-0.2, -0.15) is 0 Å². The smallest absolute Gasteiger partial charge is 0.0786 e. The van der Waals surface area contributed by atoms with Crippen LogP contribution in [0.3, 0.4) is 0 Å². The Hall–Kier alpha value is 0.830. The standard InChI is InChI=1S/C40H84N.3ClH/c1-5-9-13-17-21-25-29-33-37-41(38-34-30-26-22-18-14-10-6-2,39-35-31-27-23-19-15-11-7-3)40-36-32-28-24-20-16-12-8-4;;;/h5-40H2,1-4H3;3*1H/q+1;;;. The third-order valence-electron chi connectivity index (χ3n) is 9.94. The molecule has 0 aliphatic rings. The normalized spacial score (nSPS) is 11.2. The first-order valence-corrected chi connectivity index (χ1v) is 20.1. The van der Waals surface area contributed by atoms with E-state index < -0.39 is 0 Å². The summed E-state index contributed by atoms with van der Waals surface area (Å²) in [7, 11) is 0. The lowest BCUT2D eigenvalue weighted by Gasteiger charge is -2.40. The molecule has 0 aliphatic carbocycles. The molecular weight excluding hydrogens is 601 g/mol. The molecule has 0 aliphatic heterocycles. The lowest BCUT2D eigenvalue weighted by atomic mass is 10.0. The number of rotatable bonds is 36. The highest BCUT2D eigenvalue weighted by Crippen LogP contribution is 2.21. The van der Waals surface area contributed by atoms with Gasteiger partial charge >= 0.3 is 0 Å². The van der Waals surface area contributed by atoms with Crippen LogP contribution < -0.4 is 0 Å². The van der Waals surface area contributed by atoms with E-state index in [9.17, 15) is 0 Å². The van der Waals surface area contributed by atoms with E-state index in [4.69, 9.17) is 0 Å². The second-order valence-electron chi connectivity index (χ2n) is 14.1. The van der Waals surface area contributed by atoms with Crippen LogP contribution in [0.2, 0.25) is 0 Å². The summed E-state index contributed by atoms with van der Waals surface area (Å²) in [4.78, 5) is 0. The maximum absolute atomic E-state index is 2.34. The van der Waals surface area contributed by atoms with Crippen LogP contribution in [0.5, 0.6) is 0 Å². The van der Waals surface area contributed by atoms with E-state index in [1.54, 1.807) is 0 Å². The quantitative estimate of drug-likeness (QED) is 0.0454. The van der Waals surface area contributed by atoms with Crippen LogP contribution in [-0.4, -0.2) is 30.7 Å². The van der Waals surface area contributed by atoms with Gasteiger partial charge in [-0.3, -0.25) is 0 Å². The summed E-state index contributed by atoms with van der Waals surface area (Å²) in [5, 5.41) is 0. The minimum Gasteiger partial charge on any atom is -0.324 e. The molecule has 0 saturated carbocycles. The first-order valence-electron chi connectivity index (χ1n) is 20.1. The molecule has 4 heteroatoms. The zero-order chi connectivity index (χ0) is 30.0. The zero-order valence-electron chi connectivity index (χ0n) is 31.1. The highest BCUT2D eigenvalue weighted by Gasteiger charge is 2.25. The second kappa shape index (κ2) is 43.8. The van der Waals surface area contributed by atoms with E-state index in [2.05, 4.69) is 27.7 Å². The number of halogens is 3. The van der Waals surface area contributed by atoms with Crippen molar-refractivity contribution in [2.45, 2.75) is 233 Å². The van der Waals surface area contributed by atoms with E-state index in [0.717, 1.165) is 0 Å². The molecule has 0 aromatic heterocycles. The summed E-state index contributed by atoms with van der Waals surface area (Å²) in [6.45, 7) is 15.3. The van der Waals surface area contributed by atoms with Gasteiger partial charge in [0.1, 0.15) is 0 Å². The Bertz CT molecular complexity index is 388. The van der Waals surface area contributed by atoms with Crippen LogP contribution in [0.15, 0.2) is 0 Å². The van der Waals surface area contributed by atoms with Crippen molar-refractivity contribution in [3.05, 3.63) is 0 Å². The Morgan fingerprint density at radius 3 is 0.500 bits per heavy atom. The fourth-order valence-electron chi connectivity index (χ4n) is 7.00. The number of hydrogen-bond donors (Lipinski definition) is 0. The highest BCUT2D eigenvalue weighted by atomic mass is 35.5. The summed E-state index contributed by atoms with van der Waals surface area (Å²) < 4.78 is 1.48. The monoisotopic (exact) mass is 687 g/mol. The van der Waals surface area contributed by atoms with Gasteiger partial charge in [-0.05, 0) is 51.4 Å². The van der Waals surface area contributed by atoms with Gasteiger partial charge in [0, 0.05) is 0 Å². The van der Waals surface area contributed by atoms with Crippen LogP contribution >= 0.6 is 37.2 Å². The number of quaternary nitrogens is 1. The number of hydrogen-bond acceptors (Lipinski definition) is 0. The molecule has 0 heterocycles. The van der Waals surface area contributed by atoms with Crippen LogP contribution in [0, 0.1) is 0 Å². The van der Waals surface area contributed by atoms with Crippen molar-refractivity contribution < 1.29 is 4.48 Å². The average molecular weight is 689 g/mol. The molecule has 272 valence electrons. The third-order valence-corrected chi connectivity index (χ3v) is 9.94. The Morgan fingerprint density at radius 1 is 0.205 bits per heavy atom. The minimum atomic E-state index is 0. The van der Waals surface area contributed by atoms with Gasteiger partial charge in [-0.25, -0.2) is 0 Å². The van der Waals surface area contributed by atoms with Gasteiger partial charge in [0.05, 0.1) is 26.2 Å². The molecule has 0 rings (SSSR count). The molecule has 0 unspecified atom stereocenters. The van der Waals surface area contributed by atoms with Crippen molar-refractivity contribution in [1.82, 2.24) is 0 Å². The van der Waals surface area contributed by atoms with Crippen molar-refractivity contribution in [2.75, 3.05) is 26.2 Å². The fraction of sp³-hybridized carbons (Fsp3) is 1.00. The van der Waals surface area contributed by atoms with E-state index in [-0.39, 0.29) is 37.2 Å². The lowest BCUT2D eigenvalue weighted by molar-refractivity contribution is -0.929. The summed E-state index contributed by atoms with van der Waals surface area (Å²) in [6, 6.07) is 0. The van der Waals surface area contributed by atoms with Gasteiger partial charge in [0.2, 0.25) is 0 Å². The Labute approximate surface area is 299 Å². The SMILES string of the molecule is CCCCCCCCCC[N+](CCCCCCCCCC)(CCCCCCCCCC)CCCCCCCCCC.Cl.Cl.Cl. The minimum absolute atomic E-state index is 0. The Balaban J connectivity index is -0.00000267. The van der Waals surface area contributed by atoms with Crippen molar-refractivity contribution in [1.29, 1.82) is 0 Å². The summed E-state index contributed by atoms with van der Waals surface area (Å²) >= 11 is 0. The van der Waals surface area contributed by atoms with Crippen molar-refractivity contribution in [2.24, 2.45) is 0 Å². The van der Waals surface area contributed by atoms with E-state index >= 15 is 0 Å². The van der Waals surface area contributed by atoms with Gasteiger partial charge in [0.25, 0.3) is 0 Å². The van der Waals surface area contributed by atoms with Crippen LogP contribution in [0.4, 0.5) is 0 Å². The van der Waals surface area contributed by atoms with E-state index in [0.29, 0.717) is 0 Å². The van der Waals surface area contributed by atoms with Crippen LogP contribution in [0.25, 0.3) is 0 Å². The molecule has 0 N–H and O–H groups in total. The Morgan fingerprint density at radius 2 is 0.341 bits per heavy atom. The van der Waals surface area contributed by atoms with Gasteiger partial charge in [-0.1, -0.05) is 182 Å². The summed E-state index contributed by atoms with van der Waals surface area (Å²) in [6.07, 6.45) is 46.7. The van der Waals surface area contributed by atoms with Gasteiger partial charge in [-0.15, -0.1) is 37.2 Å². The molecule has 0 fully saturated rings. The predicted molar refractivity (Wildman–Crippen MR) is 212 cm³/mol. The second-order valence-corrected chi connectivity index (χ2v) is 14.1. The lowest BCUT2D eigenvalue weighted by Crippen LogP contribution is -2.50. The number of unbranched alkanes of at least 4 members (excludes halogenated alkanes) is 28. The molecule has 1 nitrogen and oxygen atoms in total. The van der Waals surface area contributed by atoms with Gasteiger partial charge < -0.3 is 4.48 Å². The molecule has 0 bridgehead atoms. The maximum atomic E-state index is 2.34. The Kier molecular flexibility index (Phi) is 51.5. The van der Waals surface area contributed by atoms with Gasteiger partial charge in [0.15, 0.2) is 0 Å². The zero-order valence-corrected chi connectivity index (χ0v) is 33.6. The fourth-order valence-corrected chi connectivity index (χ4v) is 7.00. The van der Waals surface area contributed by atoms with Crippen molar-refractivity contribution >= 4 is 37.2 Å². The highest BCUT2D eigenvalue weighted by molar-refractivity contribution is 5.86. The summed E-state index contributed by atoms with van der Waals surface area (Å²) in [5.74, 6) is 0. The molecule has 0 aromatic rings. The molecule has 0 amide bonds. The molecular formula is C40H87Cl3N+. The molecule has 0 atom stereocenters. The van der Waals surface area contributed by atoms with Crippen molar-refractivity contribution in [3.8, 4) is 0 Å². The molecule has 0 aromatic carbocycles. The largest absolute Gasteiger partial charge is 0.324 e. The molecule has 0 spiro atoms. The van der Waals surface area contributed by atoms with E-state index in [1.165, 1.54) is 236 Å². The third kappa shape index (κ3) is 37.3. The molecule has 44 heavy (non-hydrogen) atoms. The van der Waals surface area contributed by atoms with Crippen molar-refractivity contribution in [3.63, 3.8) is 0 Å². The maximum Gasteiger partial charge on any atom is 0.0786 e. The number of nitrogens with zero attached hydrogens (tertiary/aromatic N) is 1. The average Bonchev–Trinajstić information content (AvgIpc) is 2.98. The predicted octanol–water partition coefficient (Wildman–Crippen LogP) is 15.6.